The zero-order chi connectivity index (χ0) is 14.7. The third-order valence-electron chi connectivity index (χ3n) is 4.65. The van der Waals surface area contributed by atoms with Crippen molar-refractivity contribution in [2.75, 3.05) is 18.6 Å². The predicted octanol–water partition coefficient (Wildman–Crippen LogP) is 3.63. The van der Waals surface area contributed by atoms with Gasteiger partial charge in [0.05, 0.1) is 11.8 Å². The predicted molar refractivity (Wildman–Crippen MR) is 83.6 cm³/mol. The number of hydrogen-bond donors (Lipinski definition) is 1. The van der Waals surface area contributed by atoms with Crippen molar-refractivity contribution in [3.05, 3.63) is 29.8 Å². The molecule has 1 aliphatic carbocycles. The zero-order valence-electron chi connectivity index (χ0n) is 12.7. The van der Waals surface area contributed by atoms with Crippen LogP contribution in [0.25, 0.3) is 0 Å². The molecule has 21 heavy (non-hydrogen) atoms. The Morgan fingerprint density at radius 2 is 1.95 bits per heavy atom. The summed E-state index contributed by atoms with van der Waals surface area (Å²) in [4.78, 5) is 14.5. The van der Waals surface area contributed by atoms with Crippen LogP contribution in [0.15, 0.2) is 24.3 Å². The maximum absolute atomic E-state index is 12.6. The van der Waals surface area contributed by atoms with Crippen molar-refractivity contribution in [2.24, 2.45) is 0 Å². The topological polar surface area (TPSA) is 41.6 Å². The number of methoxy groups -OCH3 is 1. The molecule has 1 heterocycles. The lowest BCUT2D eigenvalue weighted by Crippen LogP contribution is -2.47. The lowest BCUT2D eigenvalue weighted by molar-refractivity contribution is 0.0941. The molecule has 1 saturated carbocycles. The number of ether oxygens (including phenoxy) is 1. The largest absolute Gasteiger partial charge is 0.377 e. The molecule has 4 heteroatoms. The Bertz CT molecular complexity index is 497. The number of carbonyl (C=O) groups is 1. The van der Waals surface area contributed by atoms with Crippen LogP contribution in [0.2, 0.25) is 0 Å². The van der Waals surface area contributed by atoms with Crippen LogP contribution in [0, 0.1) is 0 Å². The molecule has 1 N–H and O–H groups in total. The molecule has 1 aliphatic heterocycles. The fourth-order valence-corrected chi connectivity index (χ4v) is 3.48. The normalized spacial score (nSPS) is 22.7. The smallest absolute Gasteiger partial charge is 0.322 e. The summed E-state index contributed by atoms with van der Waals surface area (Å²) in [6.07, 6.45) is 6.93. The van der Waals surface area contributed by atoms with E-state index in [4.69, 9.17) is 4.74 Å². The number of para-hydroxylation sites is 1. The van der Waals surface area contributed by atoms with E-state index in [-0.39, 0.29) is 12.1 Å². The lowest BCUT2D eigenvalue weighted by Gasteiger charge is -2.35. The molecule has 2 amide bonds. The molecular formula is C17H24N2O2. The highest BCUT2D eigenvalue weighted by atomic mass is 16.5. The Kier molecular flexibility index (Phi) is 4.44. The number of nitrogens with zero attached hydrogens (tertiary/aromatic N) is 1. The van der Waals surface area contributed by atoms with Crippen LogP contribution in [0.1, 0.15) is 50.2 Å². The Balaban J connectivity index is 1.74. The summed E-state index contributed by atoms with van der Waals surface area (Å²) < 4.78 is 5.54. The van der Waals surface area contributed by atoms with Gasteiger partial charge in [-0.2, -0.15) is 0 Å². The first-order valence-corrected chi connectivity index (χ1v) is 7.99. The maximum atomic E-state index is 12.6. The van der Waals surface area contributed by atoms with E-state index in [1.807, 2.05) is 23.1 Å². The quantitative estimate of drug-likeness (QED) is 0.903. The van der Waals surface area contributed by atoms with Gasteiger partial charge >= 0.3 is 6.03 Å². The number of benzene rings is 1. The minimum Gasteiger partial charge on any atom is -0.377 e. The molecule has 0 spiro atoms. The van der Waals surface area contributed by atoms with Crippen LogP contribution in [0.4, 0.5) is 10.5 Å². The van der Waals surface area contributed by atoms with Crippen LogP contribution in [0.3, 0.4) is 0 Å². The van der Waals surface area contributed by atoms with Gasteiger partial charge in [0, 0.05) is 25.3 Å². The van der Waals surface area contributed by atoms with Crippen molar-refractivity contribution >= 4 is 11.7 Å². The second-order valence-corrected chi connectivity index (χ2v) is 6.01. The van der Waals surface area contributed by atoms with Crippen molar-refractivity contribution in [1.29, 1.82) is 0 Å². The third kappa shape index (κ3) is 3.05. The average molecular weight is 288 g/mol. The Morgan fingerprint density at radius 1 is 1.19 bits per heavy atom. The molecule has 0 saturated heterocycles. The summed E-state index contributed by atoms with van der Waals surface area (Å²) in [6.45, 7) is 0.716. The Morgan fingerprint density at radius 3 is 2.71 bits per heavy atom. The highest BCUT2D eigenvalue weighted by Gasteiger charge is 2.29. The zero-order valence-corrected chi connectivity index (χ0v) is 12.7. The molecule has 1 aromatic rings. The summed E-state index contributed by atoms with van der Waals surface area (Å²) >= 11 is 0. The Hall–Kier alpha value is -1.55. The molecular weight excluding hydrogens is 264 g/mol. The first-order chi connectivity index (χ1) is 10.3. The van der Waals surface area contributed by atoms with Crippen molar-refractivity contribution in [1.82, 2.24) is 5.32 Å². The van der Waals surface area contributed by atoms with E-state index in [1.54, 1.807) is 7.11 Å². The van der Waals surface area contributed by atoms with E-state index in [2.05, 4.69) is 11.4 Å². The van der Waals surface area contributed by atoms with E-state index < -0.39 is 0 Å². The van der Waals surface area contributed by atoms with Crippen LogP contribution >= 0.6 is 0 Å². The molecule has 1 fully saturated rings. The lowest BCUT2D eigenvalue weighted by atomic mass is 9.95. The molecule has 0 bridgehead atoms. The SMILES string of the molecule is COC1CCN(C(=O)NC2CCCCC2)c2ccccc21. The molecule has 2 aliphatic rings. The van der Waals surface area contributed by atoms with Crippen LogP contribution < -0.4 is 10.2 Å². The Labute approximate surface area is 126 Å². The van der Waals surface area contributed by atoms with Gasteiger partial charge in [0.25, 0.3) is 0 Å². The van der Waals surface area contributed by atoms with Crippen LogP contribution in [-0.4, -0.2) is 25.7 Å². The minimum atomic E-state index is 0.0453. The molecule has 1 unspecified atom stereocenters. The first kappa shape index (κ1) is 14.4. The van der Waals surface area contributed by atoms with Crippen molar-refractivity contribution in [2.45, 2.75) is 50.7 Å². The summed E-state index contributed by atoms with van der Waals surface area (Å²) in [5.74, 6) is 0. The van der Waals surface area contributed by atoms with E-state index in [0.29, 0.717) is 12.6 Å². The summed E-state index contributed by atoms with van der Waals surface area (Å²) in [7, 11) is 1.74. The van der Waals surface area contributed by atoms with E-state index in [0.717, 1.165) is 30.5 Å². The molecule has 0 aromatic heterocycles. The van der Waals surface area contributed by atoms with Gasteiger partial charge in [-0.1, -0.05) is 37.5 Å². The van der Waals surface area contributed by atoms with Gasteiger partial charge in [-0.05, 0) is 25.3 Å². The van der Waals surface area contributed by atoms with Gasteiger partial charge in [0.15, 0.2) is 0 Å². The van der Waals surface area contributed by atoms with Crippen molar-refractivity contribution in [3.8, 4) is 0 Å². The summed E-state index contributed by atoms with van der Waals surface area (Å²) in [6, 6.07) is 8.46. The fraction of sp³-hybridized carbons (Fsp3) is 0.588. The van der Waals surface area contributed by atoms with Crippen molar-refractivity contribution in [3.63, 3.8) is 0 Å². The van der Waals surface area contributed by atoms with Gasteiger partial charge in [0.1, 0.15) is 0 Å². The minimum absolute atomic E-state index is 0.0453. The first-order valence-electron chi connectivity index (χ1n) is 7.99. The second kappa shape index (κ2) is 6.48. The number of anilines is 1. The second-order valence-electron chi connectivity index (χ2n) is 6.01. The summed E-state index contributed by atoms with van der Waals surface area (Å²) in [5, 5.41) is 3.21. The molecule has 1 aromatic carbocycles. The van der Waals surface area contributed by atoms with Gasteiger partial charge in [-0.3, -0.25) is 4.90 Å². The van der Waals surface area contributed by atoms with Crippen molar-refractivity contribution < 1.29 is 9.53 Å². The van der Waals surface area contributed by atoms with Gasteiger partial charge < -0.3 is 10.1 Å². The maximum Gasteiger partial charge on any atom is 0.322 e. The van der Waals surface area contributed by atoms with Crippen LogP contribution in [-0.2, 0) is 4.74 Å². The van der Waals surface area contributed by atoms with E-state index in [9.17, 15) is 4.79 Å². The number of hydrogen-bond acceptors (Lipinski definition) is 2. The highest BCUT2D eigenvalue weighted by Crippen LogP contribution is 2.35. The van der Waals surface area contributed by atoms with Gasteiger partial charge in [0.2, 0.25) is 0 Å². The molecule has 4 nitrogen and oxygen atoms in total. The number of nitrogens with one attached hydrogen (secondary N) is 1. The standard InChI is InChI=1S/C17H24N2O2/c1-21-16-11-12-19(15-10-6-5-9-14(15)16)17(20)18-13-7-3-2-4-8-13/h5-6,9-10,13,16H,2-4,7-8,11-12H2,1H3,(H,18,20). The fourth-order valence-electron chi connectivity index (χ4n) is 3.48. The molecule has 0 radical (unpaired) electrons. The molecule has 114 valence electrons. The highest BCUT2D eigenvalue weighted by molar-refractivity contribution is 5.93. The third-order valence-corrected chi connectivity index (χ3v) is 4.65. The summed E-state index contributed by atoms with van der Waals surface area (Å²) in [5.41, 5.74) is 2.11. The van der Waals surface area contributed by atoms with Gasteiger partial charge in [-0.25, -0.2) is 4.79 Å². The van der Waals surface area contributed by atoms with Gasteiger partial charge in [-0.15, -0.1) is 0 Å². The number of fused-ring (bicyclic) bond motifs is 1. The monoisotopic (exact) mass is 288 g/mol. The number of urea groups is 1. The number of rotatable bonds is 2. The molecule has 3 rings (SSSR count). The van der Waals surface area contributed by atoms with E-state index in [1.165, 1.54) is 19.3 Å². The number of carbonyl (C=O) groups excluding carboxylic acids is 1. The van der Waals surface area contributed by atoms with E-state index >= 15 is 0 Å². The van der Waals surface area contributed by atoms with Crippen LogP contribution in [0.5, 0.6) is 0 Å². The molecule has 1 atom stereocenters. The average Bonchev–Trinajstić information content (AvgIpc) is 2.54. The number of amides is 2.